The van der Waals surface area contributed by atoms with E-state index >= 15 is 0 Å². The van der Waals surface area contributed by atoms with Gasteiger partial charge in [-0.05, 0) is 31.4 Å². The molecule has 0 saturated carbocycles. The van der Waals surface area contributed by atoms with Crippen molar-refractivity contribution in [3.63, 3.8) is 0 Å². The van der Waals surface area contributed by atoms with Crippen LogP contribution in [0.5, 0.6) is 0 Å². The average molecular weight is 234 g/mol. The molecule has 2 nitrogen and oxygen atoms in total. The smallest absolute Gasteiger partial charge is 0.143 e. The number of halogens is 1. The van der Waals surface area contributed by atoms with Crippen molar-refractivity contribution in [2.45, 2.75) is 39.7 Å². The van der Waals surface area contributed by atoms with E-state index in [1.165, 1.54) is 6.07 Å². The second-order valence-electron chi connectivity index (χ2n) is 4.57. The van der Waals surface area contributed by atoms with Gasteiger partial charge in [0.15, 0.2) is 0 Å². The summed E-state index contributed by atoms with van der Waals surface area (Å²) in [6, 6.07) is 6.81. The van der Waals surface area contributed by atoms with Gasteiger partial charge >= 0.3 is 0 Å². The highest BCUT2D eigenvalue weighted by Gasteiger charge is 2.11. The molecular weight excluding hydrogens is 215 g/mol. The first-order valence-electron chi connectivity index (χ1n) is 6.03. The van der Waals surface area contributed by atoms with Gasteiger partial charge in [-0.2, -0.15) is 5.26 Å². The lowest BCUT2D eigenvalue weighted by molar-refractivity contribution is 0.483. The van der Waals surface area contributed by atoms with Crippen molar-refractivity contribution in [2.24, 2.45) is 5.92 Å². The summed E-state index contributed by atoms with van der Waals surface area (Å²) in [5, 5.41) is 12.1. The molecule has 3 heteroatoms. The Bertz CT molecular complexity index is 409. The first kappa shape index (κ1) is 13.5. The van der Waals surface area contributed by atoms with Crippen LogP contribution in [0.4, 0.5) is 10.1 Å². The molecule has 0 bridgehead atoms. The molecule has 0 aliphatic heterocycles. The highest BCUT2D eigenvalue weighted by molar-refractivity contribution is 5.58. The second-order valence-corrected chi connectivity index (χ2v) is 4.57. The maximum absolute atomic E-state index is 13.4. The number of anilines is 1. The normalized spacial score (nSPS) is 13.8. The predicted octanol–water partition coefficient (Wildman–Crippen LogP) is 3.93. The molecule has 0 aromatic heterocycles. The second kappa shape index (κ2) is 6.24. The summed E-state index contributed by atoms with van der Waals surface area (Å²) in [4.78, 5) is 0. The van der Waals surface area contributed by atoms with Crippen LogP contribution in [-0.2, 0) is 0 Å². The summed E-state index contributed by atoms with van der Waals surface area (Å²) in [7, 11) is 0. The van der Waals surface area contributed by atoms with Crippen LogP contribution in [0.2, 0.25) is 0 Å². The van der Waals surface area contributed by atoms with Crippen LogP contribution in [-0.4, -0.2) is 6.04 Å². The summed E-state index contributed by atoms with van der Waals surface area (Å²) < 4.78 is 13.4. The van der Waals surface area contributed by atoms with Gasteiger partial charge in [-0.1, -0.05) is 26.3 Å². The van der Waals surface area contributed by atoms with E-state index in [1.807, 2.05) is 6.07 Å². The highest BCUT2D eigenvalue weighted by Crippen LogP contribution is 2.20. The van der Waals surface area contributed by atoms with E-state index in [2.05, 4.69) is 26.1 Å². The molecule has 0 radical (unpaired) electrons. The van der Waals surface area contributed by atoms with E-state index in [9.17, 15) is 4.39 Å². The lowest BCUT2D eigenvalue weighted by Gasteiger charge is -2.19. The third-order valence-corrected chi connectivity index (χ3v) is 2.98. The van der Waals surface area contributed by atoms with Gasteiger partial charge in [-0.25, -0.2) is 4.39 Å². The minimum Gasteiger partial charge on any atom is -0.381 e. The van der Waals surface area contributed by atoms with Crippen LogP contribution in [0, 0.1) is 23.1 Å². The van der Waals surface area contributed by atoms with Gasteiger partial charge in [0.25, 0.3) is 0 Å². The Balaban J connectivity index is 2.75. The van der Waals surface area contributed by atoms with Crippen LogP contribution in [0.25, 0.3) is 0 Å². The number of hydrogen-bond acceptors (Lipinski definition) is 2. The first-order valence-corrected chi connectivity index (χ1v) is 6.03. The minimum absolute atomic E-state index is 0.100. The van der Waals surface area contributed by atoms with Gasteiger partial charge < -0.3 is 5.32 Å². The molecular formula is C14H19FN2. The molecule has 1 rings (SSSR count). The average Bonchev–Trinajstić information content (AvgIpc) is 2.29. The molecule has 0 fully saturated rings. The number of nitrogens with one attached hydrogen (secondary N) is 1. The standard InChI is InChI=1S/C14H19FN2/c1-4-10(2)8-11(3)17-14-7-5-6-13(15)12(14)9-16/h5-7,10-11,17H,4,8H2,1-3H3. The van der Waals surface area contributed by atoms with Crippen LogP contribution in [0.1, 0.15) is 39.2 Å². The summed E-state index contributed by atoms with van der Waals surface area (Å²) in [5.41, 5.74) is 0.687. The van der Waals surface area contributed by atoms with E-state index < -0.39 is 5.82 Å². The van der Waals surface area contributed by atoms with Crippen LogP contribution in [0.15, 0.2) is 18.2 Å². The highest BCUT2D eigenvalue weighted by atomic mass is 19.1. The van der Waals surface area contributed by atoms with Crippen molar-refractivity contribution < 1.29 is 4.39 Å². The molecule has 0 amide bonds. The third-order valence-electron chi connectivity index (χ3n) is 2.98. The molecule has 0 heterocycles. The number of hydrogen-bond donors (Lipinski definition) is 1. The van der Waals surface area contributed by atoms with E-state index in [0.717, 1.165) is 12.8 Å². The lowest BCUT2D eigenvalue weighted by Crippen LogP contribution is -2.19. The Morgan fingerprint density at radius 3 is 2.71 bits per heavy atom. The molecule has 2 unspecified atom stereocenters. The van der Waals surface area contributed by atoms with Gasteiger partial charge in [0.1, 0.15) is 17.4 Å². The van der Waals surface area contributed by atoms with Crippen LogP contribution in [0.3, 0.4) is 0 Å². The Kier molecular flexibility index (Phi) is 4.96. The SMILES string of the molecule is CCC(C)CC(C)Nc1cccc(F)c1C#N. The van der Waals surface area contributed by atoms with Crippen LogP contribution >= 0.6 is 0 Å². The topological polar surface area (TPSA) is 35.8 Å². The Morgan fingerprint density at radius 1 is 1.41 bits per heavy atom. The number of rotatable bonds is 5. The third kappa shape index (κ3) is 3.74. The Morgan fingerprint density at radius 2 is 2.12 bits per heavy atom. The van der Waals surface area contributed by atoms with E-state index in [4.69, 9.17) is 5.26 Å². The summed E-state index contributed by atoms with van der Waals surface area (Å²) in [5.74, 6) is 0.157. The van der Waals surface area contributed by atoms with Crippen molar-refractivity contribution in [3.05, 3.63) is 29.6 Å². The fourth-order valence-electron chi connectivity index (χ4n) is 1.85. The predicted molar refractivity (Wildman–Crippen MR) is 68.3 cm³/mol. The number of nitrogens with zero attached hydrogens (tertiary/aromatic N) is 1. The lowest BCUT2D eigenvalue weighted by atomic mass is 10.00. The zero-order valence-electron chi connectivity index (χ0n) is 10.6. The summed E-state index contributed by atoms with van der Waals surface area (Å²) in [6.07, 6.45) is 2.14. The van der Waals surface area contributed by atoms with E-state index in [0.29, 0.717) is 11.6 Å². The van der Waals surface area contributed by atoms with Crippen molar-refractivity contribution in [3.8, 4) is 6.07 Å². The maximum atomic E-state index is 13.4. The molecule has 17 heavy (non-hydrogen) atoms. The molecule has 0 aliphatic rings. The molecule has 1 aromatic rings. The van der Waals surface area contributed by atoms with Crippen molar-refractivity contribution in [2.75, 3.05) is 5.32 Å². The van der Waals surface area contributed by atoms with Gasteiger partial charge in [-0.15, -0.1) is 0 Å². The minimum atomic E-state index is -0.465. The summed E-state index contributed by atoms with van der Waals surface area (Å²) in [6.45, 7) is 6.40. The largest absolute Gasteiger partial charge is 0.381 e. The van der Waals surface area contributed by atoms with Crippen molar-refractivity contribution >= 4 is 5.69 Å². The van der Waals surface area contributed by atoms with Gasteiger partial charge in [0.05, 0.1) is 5.69 Å². The van der Waals surface area contributed by atoms with Crippen molar-refractivity contribution in [1.82, 2.24) is 0 Å². The molecule has 0 saturated heterocycles. The molecule has 1 N–H and O–H groups in total. The van der Waals surface area contributed by atoms with E-state index in [-0.39, 0.29) is 11.6 Å². The fraction of sp³-hybridized carbons (Fsp3) is 0.500. The number of nitriles is 1. The molecule has 0 spiro atoms. The molecule has 2 atom stereocenters. The van der Waals surface area contributed by atoms with E-state index in [1.54, 1.807) is 12.1 Å². The Labute approximate surface area is 102 Å². The molecule has 0 aliphatic carbocycles. The van der Waals surface area contributed by atoms with Crippen molar-refractivity contribution in [1.29, 1.82) is 5.26 Å². The monoisotopic (exact) mass is 234 g/mol. The van der Waals surface area contributed by atoms with Gasteiger partial charge in [0.2, 0.25) is 0 Å². The summed E-state index contributed by atoms with van der Waals surface area (Å²) >= 11 is 0. The Hall–Kier alpha value is -1.56. The zero-order valence-corrected chi connectivity index (χ0v) is 10.6. The van der Waals surface area contributed by atoms with Gasteiger partial charge in [-0.3, -0.25) is 0 Å². The molecule has 92 valence electrons. The number of benzene rings is 1. The first-order chi connectivity index (χ1) is 8.08. The fourth-order valence-corrected chi connectivity index (χ4v) is 1.85. The zero-order chi connectivity index (χ0) is 12.8. The van der Waals surface area contributed by atoms with Crippen LogP contribution < -0.4 is 5.32 Å². The molecule has 1 aromatic carbocycles. The quantitative estimate of drug-likeness (QED) is 0.837. The van der Waals surface area contributed by atoms with Gasteiger partial charge in [0, 0.05) is 6.04 Å². The maximum Gasteiger partial charge on any atom is 0.143 e.